The number of amides is 1. The summed E-state index contributed by atoms with van der Waals surface area (Å²) in [5.74, 6) is -0.911. The molecule has 0 spiro atoms. The van der Waals surface area contributed by atoms with Crippen LogP contribution in [0.15, 0.2) is 24.3 Å². The van der Waals surface area contributed by atoms with Crippen LogP contribution in [-0.4, -0.2) is 52.0 Å². The number of nitrogens with one attached hydrogen (secondary N) is 2. The van der Waals surface area contributed by atoms with Crippen LogP contribution < -0.4 is 5.32 Å². The van der Waals surface area contributed by atoms with E-state index in [9.17, 15) is 9.59 Å². The summed E-state index contributed by atoms with van der Waals surface area (Å²) in [6, 6.07) is 8.26. The number of aliphatic carboxylic acids is 1. The Morgan fingerprint density at radius 3 is 2.75 bits per heavy atom. The van der Waals surface area contributed by atoms with Crippen molar-refractivity contribution in [1.29, 1.82) is 0 Å². The van der Waals surface area contributed by atoms with Crippen molar-refractivity contribution in [2.45, 2.75) is 38.8 Å². The number of benzene rings is 1. The first kappa shape index (κ1) is 16.5. The quantitative estimate of drug-likeness (QED) is 0.758. The Balaban J connectivity index is 1.57. The van der Waals surface area contributed by atoms with Gasteiger partial charge in [0, 0.05) is 23.0 Å². The van der Waals surface area contributed by atoms with E-state index in [1.54, 1.807) is 0 Å². The second-order valence-corrected chi connectivity index (χ2v) is 6.53. The number of aromatic nitrogens is 1. The summed E-state index contributed by atoms with van der Waals surface area (Å²) in [5, 5.41) is 13.0. The van der Waals surface area contributed by atoms with Crippen LogP contribution in [0.2, 0.25) is 0 Å². The van der Waals surface area contributed by atoms with Gasteiger partial charge in [-0.25, -0.2) is 0 Å². The molecule has 1 aromatic heterocycles. The number of carboxylic acid groups (broad SMARTS) is 1. The number of H-pyrrole nitrogens is 1. The molecule has 0 radical (unpaired) electrons. The number of hydrogen-bond donors (Lipinski definition) is 3. The first-order chi connectivity index (χ1) is 11.5. The van der Waals surface area contributed by atoms with Crippen LogP contribution >= 0.6 is 0 Å². The first-order valence-electron chi connectivity index (χ1n) is 8.32. The second kappa shape index (κ2) is 6.65. The molecular weight excluding hydrogens is 306 g/mol. The van der Waals surface area contributed by atoms with E-state index in [1.165, 1.54) is 0 Å². The van der Waals surface area contributed by atoms with Gasteiger partial charge in [0.25, 0.3) is 5.91 Å². The van der Waals surface area contributed by atoms with Gasteiger partial charge in [0.15, 0.2) is 0 Å². The van der Waals surface area contributed by atoms with Crippen molar-refractivity contribution < 1.29 is 14.7 Å². The van der Waals surface area contributed by atoms with Crippen molar-refractivity contribution >= 4 is 22.8 Å². The van der Waals surface area contributed by atoms with Gasteiger partial charge in [0.2, 0.25) is 0 Å². The summed E-state index contributed by atoms with van der Waals surface area (Å²) in [5.41, 5.74) is 2.68. The average molecular weight is 329 g/mol. The molecule has 0 saturated heterocycles. The average Bonchev–Trinajstić information content (AvgIpc) is 2.91. The number of carboxylic acids is 1. The monoisotopic (exact) mass is 329 g/mol. The summed E-state index contributed by atoms with van der Waals surface area (Å²) in [4.78, 5) is 28.3. The molecule has 1 aromatic carbocycles. The lowest BCUT2D eigenvalue weighted by Gasteiger charge is -2.42. The molecule has 1 fully saturated rings. The lowest BCUT2D eigenvalue weighted by molar-refractivity contribution is -0.139. The highest BCUT2D eigenvalue weighted by Crippen LogP contribution is 2.26. The Labute approximate surface area is 140 Å². The molecule has 0 atom stereocenters. The third-order valence-electron chi connectivity index (χ3n) is 4.73. The van der Waals surface area contributed by atoms with E-state index in [0.717, 1.165) is 29.3 Å². The molecule has 24 heavy (non-hydrogen) atoms. The molecule has 0 unspecified atom stereocenters. The van der Waals surface area contributed by atoms with Crippen molar-refractivity contribution in [2.75, 3.05) is 13.1 Å². The highest BCUT2D eigenvalue weighted by molar-refractivity contribution is 5.98. The van der Waals surface area contributed by atoms with Crippen LogP contribution in [0, 0.1) is 6.92 Å². The molecule has 1 amide bonds. The molecule has 3 N–H and O–H groups in total. The lowest BCUT2D eigenvalue weighted by Crippen LogP contribution is -2.54. The van der Waals surface area contributed by atoms with Gasteiger partial charge in [-0.2, -0.15) is 0 Å². The van der Waals surface area contributed by atoms with E-state index >= 15 is 0 Å². The van der Waals surface area contributed by atoms with Crippen molar-refractivity contribution in [3.8, 4) is 0 Å². The third kappa shape index (κ3) is 3.43. The molecule has 128 valence electrons. The molecule has 1 heterocycles. The maximum Gasteiger partial charge on any atom is 0.317 e. The van der Waals surface area contributed by atoms with Crippen molar-refractivity contribution in [1.82, 2.24) is 15.2 Å². The number of hydrogen-bond acceptors (Lipinski definition) is 3. The third-order valence-corrected chi connectivity index (χ3v) is 4.73. The van der Waals surface area contributed by atoms with Crippen LogP contribution in [0.3, 0.4) is 0 Å². The summed E-state index contributed by atoms with van der Waals surface area (Å²) in [6.07, 6.45) is 1.60. The number of likely N-dealkylation sites (N-methyl/N-ethyl adjacent to an activating group) is 1. The Hall–Kier alpha value is -2.34. The second-order valence-electron chi connectivity index (χ2n) is 6.53. The fraction of sp³-hybridized carbons (Fsp3) is 0.444. The largest absolute Gasteiger partial charge is 0.480 e. The van der Waals surface area contributed by atoms with Crippen LogP contribution in [0.1, 0.15) is 35.8 Å². The smallest absolute Gasteiger partial charge is 0.317 e. The van der Waals surface area contributed by atoms with Crippen molar-refractivity contribution in [3.05, 3.63) is 35.5 Å². The Morgan fingerprint density at radius 2 is 2.08 bits per heavy atom. The molecule has 6 nitrogen and oxygen atoms in total. The van der Waals surface area contributed by atoms with E-state index in [2.05, 4.69) is 10.3 Å². The van der Waals surface area contributed by atoms with Gasteiger partial charge in [0.05, 0.1) is 6.54 Å². The van der Waals surface area contributed by atoms with E-state index < -0.39 is 5.97 Å². The van der Waals surface area contributed by atoms with Gasteiger partial charge in [-0.05, 0) is 44.0 Å². The predicted octanol–water partition coefficient (Wildman–Crippen LogP) is 2.14. The number of fused-ring (bicyclic) bond motifs is 1. The minimum Gasteiger partial charge on any atom is -0.480 e. The standard InChI is InChI=1S/C18H23N3O3/c1-3-21(10-17(22)23)14-8-13(9-14)19-18(24)16-7-12-5-4-11(2)6-15(12)20-16/h4-7,13-14,20H,3,8-10H2,1-2H3,(H,19,24)(H,22,23). The van der Waals surface area contributed by atoms with Gasteiger partial charge in [0.1, 0.15) is 5.69 Å². The lowest BCUT2D eigenvalue weighted by atomic mass is 9.85. The highest BCUT2D eigenvalue weighted by Gasteiger charge is 2.34. The Morgan fingerprint density at radius 1 is 1.33 bits per heavy atom. The maximum absolute atomic E-state index is 12.4. The van der Waals surface area contributed by atoms with E-state index in [4.69, 9.17) is 5.11 Å². The van der Waals surface area contributed by atoms with Gasteiger partial charge in [-0.1, -0.05) is 19.1 Å². The summed E-state index contributed by atoms with van der Waals surface area (Å²) >= 11 is 0. The SMILES string of the molecule is CCN(CC(=O)O)C1CC(NC(=O)c2cc3ccc(C)cc3[nH]2)C1. The van der Waals surface area contributed by atoms with Crippen LogP contribution in [0.5, 0.6) is 0 Å². The van der Waals surface area contributed by atoms with Gasteiger partial charge in [-0.15, -0.1) is 0 Å². The number of carbonyl (C=O) groups excluding carboxylic acids is 1. The molecule has 1 aliphatic rings. The highest BCUT2D eigenvalue weighted by atomic mass is 16.4. The van der Waals surface area contributed by atoms with Crippen LogP contribution in [0.25, 0.3) is 10.9 Å². The first-order valence-corrected chi connectivity index (χ1v) is 8.32. The number of carbonyl (C=O) groups is 2. The van der Waals surface area contributed by atoms with Gasteiger partial charge < -0.3 is 15.4 Å². The summed E-state index contributed by atoms with van der Waals surface area (Å²) in [7, 11) is 0. The number of aromatic amines is 1. The number of rotatable bonds is 6. The summed E-state index contributed by atoms with van der Waals surface area (Å²) < 4.78 is 0. The fourth-order valence-electron chi connectivity index (χ4n) is 3.30. The molecule has 1 aliphatic carbocycles. The minimum atomic E-state index is -0.808. The normalized spacial score (nSPS) is 20.1. The molecule has 3 rings (SSSR count). The van der Waals surface area contributed by atoms with Gasteiger partial charge in [-0.3, -0.25) is 14.5 Å². The maximum atomic E-state index is 12.4. The number of nitrogens with zero attached hydrogens (tertiary/aromatic N) is 1. The molecule has 0 aliphatic heterocycles. The van der Waals surface area contributed by atoms with Crippen LogP contribution in [-0.2, 0) is 4.79 Å². The minimum absolute atomic E-state index is 0.0587. The molecule has 6 heteroatoms. The predicted molar refractivity (Wildman–Crippen MR) is 92.2 cm³/mol. The van der Waals surface area contributed by atoms with Crippen molar-refractivity contribution in [3.63, 3.8) is 0 Å². The molecule has 1 saturated carbocycles. The van der Waals surface area contributed by atoms with E-state index in [0.29, 0.717) is 12.2 Å². The van der Waals surface area contributed by atoms with E-state index in [-0.39, 0.29) is 24.5 Å². The summed E-state index contributed by atoms with van der Waals surface area (Å²) in [6.45, 7) is 4.74. The topological polar surface area (TPSA) is 85.4 Å². The fourth-order valence-corrected chi connectivity index (χ4v) is 3.30. The zero-order chi connectivity index (χ0) is 17.3. The zero-order valence-electron chi connectivity index (χ0n) is 14.0. The van der Waals surface area contributed by atoms with Gasteiger partial charge >= 0.3 is 5.97 Å². The molecular formula is C18H23N3O3. The van der Waals surface area contributed by atoms with Crippen LogP contribution in [0.4, 0.5) is 0 Å². The molecule has 0 bridgehead atoms. The number of aryl methyl sites for hydroxylation is 1. The zero-order valence-corrected chi connectivity index (χ0v) is 14.0. The van der Waals surface area contributed by atoms with E-state index in [1.807, 2.05) is 43.0 Å². The Bertz CT molecular complexity index is 762. The molecule has 2 aromatic rings. The Kier molecular flexibility index (Phi) is 4.57. The van der Waals surface area contributed by atoms with Crippen molar-refractivity contribution in [2.24, 2.45) is 0 Å².